The van der Waals surface area contributed by atoms with Crippen LogP contribution in [0.1, 0.15) is 16.1 Å². The molecule has 0 saturated heterocycles. The summed E-state index contributed by atoms with van der Waals surface area (Å²) in [5.41, 5.74) is 0.727. The zero-order chi connectivity index (χ0) is 15.6. The van der Waals surface area contributed by atoms with Crippen molar-refractivity contribution in [3.05, 3.63) is 53.6 Å². The van der Waals surface area contributed by atoms with Crippen molar-refractivity contribution in [2.75, 3.05) is 5.32 Å². The second kappa shape index (κ2) is 5.58. The number of rotatable bonds is 3. The fourth-order valence-corrected chi connectivity index (χ4v) is 2.50. The molecule has 3 N–H and O–H groups in total. The normalized spacial score (nSPS) is 11.2. The highest BCUT2D eigenvalue weighted by atomic mass is 32.2. The van der Waals surface area contributed by atoms with Gasteiger partial charge in [0.05, 0.1) is 11.1 Å². The van der Waals surface area contributed by atoms with Crippen molar-refractivity contribution in [3.8, 4) is 0 Å². The molecule has 0 aliphatic rings. The molecule has 0 saturated carbocycles. The number of aryl methyl sites for hydroxylation is 1. The molecule has 0 bridgehead atoms. The first-order valence-electron chi connectivity index (χ1n) is 5.84. The van der Waals surface area contributed by atoms with Gasteiger partial charge in [0, 0.05) is 5.69 Å². The smallest absolute Gasteiger partial charge is 0.274 e. The number of amides is 1. The summed E-state index contributed by atoms with van der Waals surface area (Å²) in [5, 5.41) is 7.56. The number of benzene rings is 1. The molecule has 1 aromatic heterocycles. The monoisotopic (exact) mass is 309 g/mol. The summed E-state index contributed by atoms with van der Waals surface area (Å²) in [5.74, 6) is -1.14. The lowest BCUT2D eigenvalue weighted by Gasteiger charge is -2.08. The lowest BCUT2D eigenvalue weighted by atomic mass is 10.2. The molecule has 0 radical (unpaired) electrons. The molecule has 0 atom stereocenters. The number of aromatic nitrogens is 1. The van der Waals surface area contributed by atoms with E-state index in [-0.39, 0.29) is 16.3 Å². The van der Waals surface area contributed by atoms with E-state index in [1.807, 2.05) is 0 Å². The minimum atomic E-state index is -3.88. The standard InChI is InChI=1S/C13H12FN3O3S/c1-8-2-4-10(6-12(8)21(15,19)20)17-13(18)11-5-3-9(14)7-16-11/h2-7H,1H3,(H,17,18)(H2,15,19,20). The second-order valence-corrected chi connectivity index (χ2v) is 5.87. The number of carbonyl (C=O) groups excluding carboxylic acids is 1. The van der Waals surface area contributed by atoms with Gasteiger partial charge in [0.25, 0.3) is 5.91 Å². The maximum atomic E-state index is 12.7. The average Bonchev–Trinajstić information content (AvgIpc) is 2.40. The molecule has 2 aromatic rings. The zero-order valence-electron chi connectivity index (χ0n) is 11.0. The maximum absolute atomic E-state index is 12.7. The van der Waals surface area contributed by atoms with Gasteiger partial charge < -0.3 is 5.32 Å². The number of carbonyl (C=O) groups is 1. The van der Waals surface area contributed by atoms with Gasteiger partial charge in [0.2, 0.25) is 10.0 Å². The molecule has 1 heterocycles. The van der Waals surface area contributed by atoms with Crippen LogP contribution in [0.25, 0.3) is 0 Å². The van der Waals surface area contributed by atoms with Crippen molar-refractivity contribution >= 4 is 21.6 Å². The Morgan fingerprint density at radius 1 is 1.29 bits per heavy atom. The van der Waals surface area contributed by atoms with Gasteiger partial charge in [-0.1, -0.05) is 6.07 Å². The number of nitrogens with two attached hydrogens (primary N) is 1. The highest BCUT2D eigenvalue weighted by molar-refractivity contribution is 7.89. The number of hydrogen-bond donors (Lipinski definition) is 2. The van der Waals surface area contributed by atoms with Crippen molar-refractivity contribution in [1.29, 1.82) is 0 Å². The highest BCUT2D eigenvalue weighted by Crippen LogP contribution is 2.19. The quantitative estimate of drug-likeness (QED) is 0.895. The lowest BCUT2D eigenvalue weighted by Crippen LogP contribution is -2.16. The first kappa shape index (κ1) is 15.1. The Kier molecular flexibility index (Phi) is 4.01. The zero-order valence-corrected chi connectivity index (χ0v) is 11.8. The van der Waals surface area contributed by atoms with Crippen molar-refractivity contribution in [2.45, 2.75) is 11.8 Å². The molecule has 1 amide bonds. The van der Waals surface area contributed by atoms with Gasteiger partial charge >= 0.3 is 0 Å². The van der Waals surface area contributed by atoms with Crippen LogP contribution in [0.2, 0.25) is 0 Å². The summed E-state index contributed by atoms with van der Waals surface area (Å²) >= 11 is 0. The van der Waals surface area contributed by atoms with Crippen LogP contribution < -0.4 is 10.5 Å². The first-order valence-corrected chi connectivity index (χ1v) is 7.38. The minimum absolute atomic E-state index is 0.00845. The number of primary sulfonamides is 1. The highest BCUT2D eigenvalue weighted by Gasteiger charge is 2.14. The van der Waals surface area contributed by atoms with Gasteiger partial charge in [-0.3, -0.25) is 4.79 Å². The largest absolute Gasteiger partial charge is 0.321 e. The van der Waals surface area contributed by atoms with Crippen LogP contribution in [0.15, 0.2) is 41.4 Å². The van der Waals surface area contributed by atoms with Crippen LogP contribution in [-0.4, -0.2) is 19.3 Å². The Morgan fingerprint density at radius 3 is 2.57 bits per heavy atom. The van der Waals surface area contributed by atoms with E-state index >= 15 is 0 Å². The van der Waals surface area contributed by atoms with Crippen molar-refractivity contribution in [2.24, 2.45) is 5.14 Å². The fraction of sp³-hybridized carbons (Fsp3) is 0.0769. The van der Waals surface area contributed by atoms with E-state index in [0.29, 0.717) is 5.56 Å². The fourth-order valence-electron chi connectivity index (χ4n) is 1.69. The number of halogens is 1. The molecular weight excluding hydrogens is 297 g/mol. The summed E-state index contributed by atoms with van der Waals surface area (Å²) in [6, 6.07) is 6.64. The van der Waals surface area contributed by atoms with Crippen LogP contribution in [0.3, 0.4) is 0 Å². The number of pyridine rings is 1. The Bertz CT molecular complexity index is 789. The molecule has 2 rings (SSSR count). The van der Waals surface area contributed by atoms with Crippen LogP contribution >= 0.6 is 0 Å². The third-order valence-electron chi connectivity index (χ3n) is 2.71. The van der Waals surface area contributed by atoms with Gasteiger partial charge in [0.1, 0.15) is 11.5 Å². The Balaban J connectivity index is 2.28. The van der Waals surface area contributed by atoms with Crippen molar-refractivity contribution in [3.63, 3.8) is 0 Å². The summed E-state index contributed by atoms with van der Waals surface area (Å²) in [6.45, 7) is 1.59. The number of anilines is 1. The van der Waals surface area contributed by atoms with Crippen LogP contribution in [0.5, 0.6) is 0 Å². The van der Waals surface area contributed by atoms with Crippen molar-refractivity contribution < 1.29 is 17.6 Å². The third kappa shape index (κ3) is 3.61. The first-order chi connectivity index (χ1) is 9.77. The SMILES string of the molecule is Cc1ccc(NC(=O)c2ccc(F)cn2)cc1S(N)(=O)=O. The molecule has 0 aliphatic heterocycles. The van der Waals surface area contributed by atoms with E-state index in [4.69, 9.17) is 5.14 Å². The molecule has 0 fully saturated rings. The number of sulfonamides is 1. The van der Waals surface area contributed by atoms with Gasteiger partial charge in [-0.25, -0.2) is 22.9 Å². The van der Waals surface area contributed by atoms with E-state index in [9.17, 15) is 17.6 Å². The predicted octanol–water partition coefficient (Wildman–Crippen LogP) is 1.43. The number of hydrogen-bond acceptors (Lipinski definition) is 4. The van der Waals surface area contributed by atoms with Gasteiger partial charge in [-0.05, 0) is 36.8 Å². The summed E-state index contributed by atoms with van der Waals surface area (Å²) < 4.78 is 35.6. The molecule has 21 heavy (non-hydrogen) atoms. The van der Waals surface area contributed by atoms with E-state index < -0.39 is 21.7 Å². The van der Waals surface area contributed by atoms with E-state index in [0.717, 1.165) is 12.3 Å². The van der Waals surface area contributed by atoms with Crippen molar-refractivity contribution in [1.82, 2.24) is 4.98 Å². The molecule has 110 valence electrons. The average molecular weight is 309 g/mol. The van der Waals surface area contributed by atoms with E-state index in [2.05, 4.69) is 10.3 Å². The molecule has 8 heteroatoms. The lowest BCUT2D eigenvalue weighted by molar-refractivity contribution is 0.102. The number of nitrogens with zero attached hydrogens (tertiary/aromatic N) is 1. The predicted molar refractivity (Wildman–Crippen MR) is 74.7 cm³/mol. The molecule has 0 spiro atoms. The summed E-state index contributed by atoms with van der Waals surface area (Å²) in [7, 11) is -3.88. The van der Waals surface area contributed by atoms with Crippen LogP contribution in [0, 0.1) is 12.7 Å². The molecule has 0 aliphatic carbocycles. The molecule has 1 aromatic carbocycles. The van der Waals surface area contributed by atoms with E-state index in [1.165, 1.54) is 24.3 Å². The van der Waals surface area contributed by atoms with Gasteiger partial charge in [-0.2, -0.15) is 0 Å². The summed E-state index contributed by atoms with van der Waals surface area (Å²) in [6.07, 6.45) is 0.916. The number of nitrogens with one attached hydrogen (secondary N) is 1. The van der Waals surface area contributed by atoms with Crippen LogP contribution in [0.4, 0.5) is 10.1 Å². The second-order valence-electron chi connectivity index (χ2n) is 4.34. The van der Waals surface area contributed by atoms with Gasteiger partial charge in [-0.15, -0.1) is 0 Å². The maximum Gasteiger partial charge on any atom is 0.274 e. The molecule has 0 unspecified atom stereocenters. The third-order valence-corrected chi connectivity index (χ3v) is 3.77. The Labute approximate surface area is 120 Å². The molecule has 6 nitrogen and oxygen atoms in total. The van der Waals surface area contributed by atoms with E-state index in [1.54, 1.807) is 6.92 Å². The Hall–Kier alpha value is -2.32. The Morgan fingerprint density at radius 2 is 2.00 bits per heavy atom. The summed E-state index contributed by atoms with van der Waals surface area (Å²) in [4.78, 5) is 15.5. The minimum Gasteiger partial charge on any atom is -0.321 e. The topological polar surface area (TPSA) is 102 Å². The van der Waals surface area contributed by atoms with Gasteiger partial charge in [0.15, 0.2) is 0 Å². The molecular formula is C13H12FN3O3S. The van der Waals surface area contributed by atoms with Crippen LogP contribution in [-0.2, 0) is 10.0 Å².